The van der Waals surface area contributed by atoms with Crippen LogP contribution in [0.1, 0.15) is 26.2 Å². The molecule has 2 unspecified atom stereocenters. The molecule has 0 aliphatic carbocycles. The molecule has 1 aliphatic rings. The van der Waals surface area contributed by atoms with Crippen LogP contribution < -0.4 is 5.32 Å². The van der Waals surface area contributed by atoms with E-state index in [-0.39, 0.29) is 12.0 Å². The summed E-state index contributed by atoms with van der Waals surface area (Å²) >= 11 is 0. The van der Waals surface area contributed by atoms with Gasteiger partial charge >= 0.3 is 5.97 Å². The van der Waals surface area contributed by atoms with Crippen LogP contribution in [-0.4, -0.2) is 52.1 Å². The van der Waals surface area contributed by atoms with Crippen LogP contribution in [0.2, 0.25) is 0 Å². The van der Waals surface area contributed by atoms with E-state index in [0.717, 1.165) is 25.8 Å². The predicted molar refractivity (Wildman–Crippen MR) is 68.5 cm³/mol. The third-order valence-corrected chi connectivity index (χ3v) is 3.13. The van der Waals surface area contributed by atoms with Gasteiger partial charge in [0.2, 0.25) is 0 Å². The van der Waals surface area contributed by atoms with Gasteiger partial charge in [0.15, 0.2) is 0 Å². The van der Waals surface area contributed by atoms with Crippen LogP contribution in [0.3, 0.4) is 0 Å². The lowest BCUT2D eigenvalue weighted by molar-refractivity contribution is -0.148. The van der Waals surface area contributed by atoms with Crippen molar-refractivity contribution in [1.29, 1.82) is 0 Å². The van der Waals surface area contributed by atoms with Gasteiger partial charge in [0.05, 0.1) is 19.8 Å². The summed E-state index contributed by atoms with van der Waals surface area (Å²) in [5.74, 6) is 0.239. The van der Waals surface area contributed by atoms with E-state index < -0.39 is 0 Å². The van der Waals surface area contributed by atoms with Crippen molar-refractivity contribution in [2.24, 2.45) is 5.92 Å². The predicted octanol–water partition coefficient (Wildman–Crippen LogP) is 0.971. The molecule has 0 aromatic carbocycles. The number of ether oxygens (including phenoxy) is 3. The molecule has 0 bridgehead atoms. The second kappa shape index (κ2) is 9.30. The number of methoxy groups -OCH3 is 1. The van der Waals surface area contributed by atoms with Gasteiger partial charge in [-0.25, -0.2) is 0 Å². The summed E-state index contributed by atoms with van der Waals surface area (Å²) < 4.78 is 15.4. The molecule has 18 heavy (non-hydrogen) atoms. The van der Waals surface area contributed by atoms with Crippen LogP contribution >= 0.6 is 0 Å². The Hall–Kier alpha value is -0.650. The second-order valence-electron chi connectivity index (χ2n) is 4.68. The first-order valence-electron chi connectivity index (χ1n) is 6.72. The molecule has 1 aliphatic heterocycles. The zero-order valence-corrected chi connectivity index (χ0v) is 11.4. The van der Waals surface area contributed by atoms with Gasteiger partial charge < -0.3 is 19.5 Å². The van der Waals surface area contributed by atoms with E-state index in [0.29, 0.717) is 32.3 Å². The number of carbonyl (C=O) groups excluding carboxylic acids is 1. The van der Waals surface area contributed by atoms with E-state index in [1.165, 1.54) is 0 Å². The Labute approximate surface area is 109 Å². The largest absolute Gasteiger partial charge is 0.464 e. The highest BCUT2D eigenvalue weighted by Crippen LogP contribution is 2.16. The van der Waals surface area contributed by atoms with Gasteiger partial charge in [-0.2, -0.15) is 0 Å². The number of hydrogen-bond acceptors (Lipinski definition) is 5. The van der Waals surface area contributed by atoms with E-state index in [1.807, 2.05) is 0 Å². The quantitative estimate of drug-likeness (QED) is 0.520. The minimum atomic E-state index is -0.131. The van der Waals surface area contributed by atoms with Gasteiger partial charge in [0.25, 0.3) is 0 Å². The maximum Gasteiger partial charge on any atom is 0.323 e. The molecule has 5 nitrogen and oxygen atoms in total. The van der Waals surface area contributed by atoms with E-state index in [1.54, 1.807) is 7.11 Å². The lowest BCUT2D eigenvalue weighted by Crippen LogP contribution is -2.46. The van der Waals surface area contributed by atoms with Crippen molar-refractivity contribution in [3.63, 3.8) is 0 Å². The molecule has 0 spiro atoms. The molecular formula is C13H25NO4. The molecule has 1 heterocycles. The van der Waals surface area contributed by atoms with Crippen LogP contribution in [0.25, 0.3) is 0 Å². The molecule has 0 aromatic rings. The molecular weight excluding hydrogens is 234 g/mol. The first kappa shape index (κ1) is 15.4. The van der Waals surface area contributed by atoms with E-state index in [4.69, 9.17) is 14.2 Å². The van der Waals surface area contributed by atoms with Crippen molar-refractivity contribution >= 4 is 5.97 Å². The molecule has 5 heteroatoms. The second-order valence-corrected chi connectivity index (χ2v) is 4.68. The van der Waals surface area contributed by atoms with Crippen LogP contribution in [0.5, 0.6) is 0 Å². The Bertz CT molecular complexity index is 235. The van der Waals surface area contributed by atoms with Crippen molar-refractivity contribution in [2.75, 3.05) is 40.1 Å². The van der Waals surface area contributed by atoms with Crippen LogP contribution in [0.4, 0.5) is 0 Å². The number of piperidine rings is 1. The molecule has 0 saturated carbocycles. The summed E-state index contributed by atoms with van der Waals surface area (Å²) in [6.45, 7) is 5.21. The average Bonchev–Trinajstić information content (AvgIpc) is 2.38. The topological polar surface area (TPSA) is 56.8 Å². The summed E-state index contributed by atoms with van der Waals surface area (Å²) in [7, 11) is 1.64. The first-order chi connectivity index (χ1) is 8.75. The zero-order valence-electron chi connectivity index (χ0n) is 11.4. The molecule has 0 radical (unpaired) electrons. The van der Waals surface area contributed by atoms with Gasteiger partial charge in [-0.05, 0) is 25.3 Å². The Morgan fingerprint density at radius 2 is 2.11 bits per heavy atom. The molecule has 1 fully saturated rings. The normalized spacial score (nSPS) is 23.9. The lowest BCUT2D eigenvalue weighted by Gasteiger charge is -2.28. The van der Waals surface area contributed by atoms with Crippen molar-refractivity contribution in [2.45, 2.75) is 32.2 Å². The highest BCUT2D eigenvalue weighted by molar-refractivity contribution is 5.76. The average molecular weight is 259 g/mol. The van der Waals surface area contributed by atoms with E-state index >= 15 is 0 Å². The molecule has 2 atom stereocenters. The van der Waals surface area contributed by atoms with E-state index in [9.17, 15) is 4.79 Å². The van der Waals surface area contributed by atoms with Crippen molar-refractivity contribution in [1.82, 2.24) is 5.32 Å². The minimum absolute atomic E-state index is 0.126. The molecule has 1 N–H and O–H groups in total. The Balaban J connectivity index is 2.02. The number of rotatable bonds is 8. The summed E-state index contributed by atoms with van der Waals surface area (Å²) in [5, 5.41) is 3.22. The van der Waals surface area contributed by atoms with Crippen LogP contribution in [-0.2, 0) is 19.0 Å². The molecule has 1 saturated heterocycles. The van der Waals surface area contributed by atoms with Crippen LogP contribution in [0, 0.1) is 5.92 Å². The van der Waals surface area contributed by atoms with Crippen molar-refractivity contribution in [3.05, 3.63) is 0 Å². The SMILES string of the molecule is COCCOCCCOC(=O)C1NCCCC1C. The number of carbonyl (C=O) groups is 1. The summed E-state index contributed by atoms with van der Waals surface area (Å²) in [6.07, 6.45) is 2.96. The first-order valence-corrected chi connectivity index (χ1v) is 6.72. The Morgan fingerprint density at radius 1 is 1.28 bits per heavy atom. The van der Waals surface area contributed by atoms with Crippen LogP contribution in [0.15, 0.2) is 0 Å². The standard InChI is InChI=1S/C13H25NO4/c1-11-5-3-6-14-12(11)13(15)18-8-4-7-17-10-9-16-2/h11-12,14H,3-10H2,1-2H3. The molecule has 1 rings (SSSR count). The van der Waals surface area contributed by atoms with Crippen molar-refractivity contribution < 1.29 is 19.0 Å². The van der Waals surface area contributed by atoms with Gasteiger partial charge in [0, 0.05) is 20.1 Å². The lowest BCUT2D eigenvalue weighted by atomic mass is 9.93. The highest BCUT2D eigenvalue weighted by atomic mass is 16.5. The van der Waals surface area contributed by atoms with Gasteiger partial charge in [-0.3, -0.25) is 4.79 Å². The fourth-order valence-electron chi connectivity index (χ4n) is 2.03. The fraction of sp³-hybridized carbons (Fsp3) is 0.923. The van der Waals surface area contributed by atoms with Gasteiger partial charge in [0.1, 0.15) is 6.04 Å². The van der Waals surface area contributed by atoms with Gasteiger partial charge in [-0.15, -0.1) is 0 Å². The smallest absolute Gasteiger partial charge is 0.323 e. The summed E-state index contributed by atoms with van der Waals surface area (Å²) in [5.41, 5.74) is 0. The van der Waals surface area contributed by atoms with Gasteiger partial charge in [-0.1, -0.05) is 6.92 Å². The number of hydrogen-bond donors (Lipinski definition) is 1. The molecule has 0 amide bonds. The molecule has 106 valence electrons. The van der Waals surface area contributed by atoms with Crippen molar-refractivity contribution in [3.8, 4) is 0 Å². The Morgan fingerprint density at radius 3 is 2.83 bits per heavy atom. The third kappa shape index (κ3) is 5.80. The summed E-state index contributed by atoms with van der Waals surface area (Å²) in [6, 6.07) is -0.131. The maximum atomic E-state index is 11.8. The highest BCUT2D eigenvalue weighted by Gasteiger charge is 2.28. The summed E-state index contributed by atoms with van der Waals surface area (Å²) in [4.78, 5) is 11.8. The number of nitrogens with one attached hydrogen (secondary N) is 1. The fourth-order valence-corrected chi connectivity index (χ4v) is 2.03. The Kier molecular flexibility index (Phi) is 7.96. The number of esters is 1. The zero-order chi connectivity index (χ0) is 13.2. The minimum Gasteiger partial charge on any atom is -0.464 e. The van der Waals surface area contributed by atoms with E-state index in [2.05, 4.69) is 12.2 Å². The third-order valence-electron chi connectivity index (χ3n) is 3.13. The molecule has 0 aromatic heterocycles. The maximum absolute atomic E-state index is 11.8. The monoisotopic (exact) mass is 259 g/mol.